The molecule has 2 heteroatoms. The Morgan fingerprint density at radius 2 is 1.80 bits per heavy atom. The van der Waals surface area contributed by atoms with E-state index in [0.717, 1.165) is 5.56 Å². The maximum atomic E-state index is 11.4. The van der Waals surface area contributed by atoms with Crippen LogP contribution in [0.15, 0.2) is 18.2 Å². The van der Waals surface area contributed by atoms with E-state index in [0.29, 0.717) is 0 Å². The molecule has 0 saturated heterocycles. The molecule has 1 unspecified atom stereocenters. The Bertz CT molecular complexity index is 369. The van der Waals surface area contributed by atoms with Crippen LogP contribution in [0.25, 0.3) is 0 Å². The standard InChI is InChI=1S/C13H18OS/c1-8(2)12(13(14)15)11-6-5-9(3)10(4)7-11/h5-8,12H,1-4H3,(H,14,15). The summed E-state index contributed by atoms with van der Waals surface area (Å²) in [5.41, 5.74) is 3.56. The number of aryl methyl sites for hydroxylation is 2. The van der Waals surface area contributed by atoms with Gasteiger partial charge < -0.3 is 0 Å². The smallest absolute Gasteiger partial charge is 0.193 e. The Kier molecular flexibility index (Phi) is 3.97. The van der Waals surface area contributed by atoms with Gasteiger partial charge in [0.1, 0.15) is 0 Å². The summed E-state index contributed by atoms with van der Waals surface area (Å²) in [4.78, 5) is 11.4. The van der Waals surface area contributed by atoms with Crippen LogP contribution in [0.4, 0.5) is 0 Å². The van der Waals surface area contributed by atoms with Gasteiger partial charge in [-0.2, -0.15) is 0 Å². The van der Waals surface area contributed by atoms with Crippen LogP contribution in [0.5, 0.6) is 0 Å². The molecule has 0 aliphatic rings. The Labute approximate surface area is 97.3 Å². The van der Waals surface area contributed by atoms with Crippen molar-refractivity contribution in [3.05, 3.63) is 34.9 Å². The van der Waals surface area contributed by atoms with Crippen molar-refractivity contribution in [3.8, 4) is 0 Å². The highest BCUT2D eigenvalue weighted by Crippen LogP contribution is 2.28. The number of rotatable bonds is 3. The topological polar surface area (TPSA) is 17.1 Å². The fourth-order valence-electron chi connectivity index (χ4n) is 1.77. The van der Waals surface area contributed by atoms with E-state index >= 15 is 0 Å². The van der Waals surface area contributed by atoms with E-state index in [9.17, 15) is 4.79 Å². The summed E-state index contributed by atoms with van der Waals surface area (Å²) in [7, 11) is 0. The first kappa shape index (κ1) is 12.3. The maximum Gasteiger partial charge on any atom is 0.193 e. The van der Waals surface area contributed by atoms with E-state index in [1.165, 1.54) is 11.1 Å². The summed E-state index contributed by atoms with van der Waals surface area (Å²) in [6, 6.07) is 6.19. The van der Waals surface area contributed by atoms with Gasteiger partial charge in [-0.3, -0.25) is 4.79 Å². The van der Waals surface area contributed by atoms with Crippen molar-refractivity contribution in [1.82, 2.24) is 0 Å². The highest BCUT2D eigenvalue weighted by molar-refractivity contribution is 7.96. The molecule has 0 saturated carbocycles. The molecule has 0 aromatic heterocycles. The Morgan fingerprint density at radius 3 is 2.20 bits per heavy atom. The van der Waals surface area contributed by atoms with Crippen LogP contribution >= 0.6 is 12.6 Å². The largest absolute Gasteiger partial charge is 0.287 e. The second-order valence-corrected chi connectivity index (χ2v) is 4.84. The normalized spacial score (nSPS) is 12.9. The highest BCUT2D eigenvalue weighted by Gasteiger charge is 2.21. The predicted molar refractivity (Wildman–Crippen MR) is 67.5 cm³/mol. The lowest BCUT2D eigenvalue weighted by Gasteiger charge is -2.18. The molecule has 0 aliphatic carbocycles. The van der Waals surface area contributed by atoms with Crippen molar-refractivity contribution < 1.29 is 4.79 Å². The van der Waals surface area contributed by atoms with E-state index in [-0.39, 0.29) is 17.0 Å². The Balaban J connectivity index is 3.12. The molecular weight excluding hydrogens is 204 g/mol. The third-order valence-electron chi connectivity index (χ3n) is 2.82. The number of carbonyl (C=O) groups excluding carboxylic acids is 1. The van der Waals surface area contributed by atoms with Gasteiger partial charge in [0.05, 0.1) is 5.92 Å². The minimum atomic E-state index is -0.0902. The number of hydrogen-bond acceptors (Lipinski definition) is 1. The maximum absolute atomic E-state index is 11.4. The van der Waals surface area contributed by atoms with Crippen molar-refractivity contribution in [2.75, 3.05) is 0 Å². The summed E-state index contributed by atoms with van der Waals surface area (Å²) < 4.78 is 0. The predicted octanol–water partition coefficient (Wildman–Crippen LogP) is 3.50. The van der Waals surface area contributed by atoms with Gasteiger partial charge in [-0.15, -0.1) is 12.6 Å². The molecule has 0 heterocycles. The Morgan fingerprint density at radius 1 is 1.20 bits per heavy atom. The zero-order valence-corrected chi connectivity index (χ0v) is 10.6. The van der Waals surface area contributed by atoms with Gasteiger partial charge in [0.25, 0.3) is 0 Å². The monoisotopic (exact) mass is 222 g/mol. The minimum absolute atomic E-state index is 0.0479. The molecule has 0 radical (unpaired) electrons. The zero-order valence-electron chi connectivity index (χ0n) is 9.74. The van der Waals surface area contributed by atoms with Gasteiger partial charge in [-0.1, -0.05) is 32.0 Å². The van der Waals surface area contributed by atoms with Crippen molar-refractivity contribution in [2.24, 2.45) is 5.92 Å². The molecule has 0 spiro atoms. The van der Waals surface area contributed by atoms with Crippen LogP contribution in [0.2, 0.25) is 0 Å². The molecule has 1 rings (SSSR count). The second-order valence-electron chi connectivity index (χ2n) is 4.40. The van der Waals surface area contributed by atoms with Crippen molar-refractivity contribution in [2.45, 2.75) is 33.6 Å². The lowest BCUT2D eigenvalue weighted by atomic mass is 9.88. The molecule has 1 aromatic carbocycles. The first-order valence-corrected chi connectivity index (χ1v) is 5.68. The summed E-state index contributed by atoms with van der Waals surface area (Å²) in [5, 5.41) is -0.0479. The third-order valence-corrected chi connectivity index (χ3v) is 3.10. The molecule has 1 nitrogen and oxygen atoms in total. The molecule has 0 bridgehead atoms. The average Bonchev–Trinajstić information content (AvgIpc) is 2.10. The SMILES string of the molecule is Cc1ccc(C(C(=O)S)C(C)C)cc1C. The molecular formula is C13H18OS. The highest BCUT2D eigenvalue weighted by atomic mass is 32.1. The minimum Gasteiger partial charge on any atom is -0.287 e. The second kappa shape index (κ2) is 4.84. The van der Waals surface area contributed by atoms with E-state index in [1.807, 2.05) is 19.9 Å². The van der Waals surface area contributed by atoms with E-state index in [4.69, 9.17) is 0 Å². The Hall–Kier alpha value is -0.760. The van der Waals surface area contributed by atoms with E-state index < -0.39 is 0 Å². The van der Waals surface area contributed by atoms with Crippen molar-refractivity contribution >= 4 is 17.7 Å². The van der Waals surface area contributed by atoms with Crippen LogP contribution in [0.3, 0.4) is 0 Å². The summed E-state index contributed by atoms with van der Waals surface area (Å²) in [6.45, 7) is 8.24. The molecule has 0 aliphatic heterocycles. The summed E-state index contributed by atoms with van der Waals surface area (Å²) in [6.07, 6.45) is 0. The summed E-state index contributed by atoms with van der Waals surface area (Å²) in [5.74, 6) is 0.199. The average molecular weight is 222 g/mol. The third kappa shape index (κ3) is 2.85. The van der Waals surface area contributed by atoms with Gasteiger partial charge in [-0.05, 0) is 36.5 Å². The summed E-state index contributed by atoms with van der Waals surface area (Å²) >= 11 is 3.97. The first-order chi connectivity index (χ1) is 6.93. The van der Waals surface area contributed by atoms with Gasteiger partial charge in [0.2, 0.25) is 0 Å². The van der Waals surface area contributed by atoms with E-state index in [2.05, 4.69) is 38.6 Å². The molecule has 0 fully saturated rings. The van der Waals surface area contributed by atoms with Crippen molar-refractivity contribution in [1.29, 1.82) is 0 Å². The van der Waals surface area contributed by atoms with Crippen molar-refractivity contribution in [3.63, 3.8) is 0 Å². The van der Waals surface area contributed by atoms with Crippen LogP contribution < -0.4 is 0 Å². The fourth-order valence-corrected chi connectivity index (χ4v) is 2.22. The first-order valence-electron chi connectivity index (χ1n) is 5.23. The quantitative estimate of drug-likeness (QED) is 0.775. The fraction of sp³-hybridized carbons (Fsp3) is 0.462. The van der Waals surface area contributed by atoms with Crippen LogP contribution in [0, 0.1) is 19.8 Å². The number of carbonyl (C=O) groups is 1. The van der Waals surface area contributed by atoms with Gasteiger partial charge >= 0.3 is 0 Å². The molecule has 1 atom stereocenters. The van der Waals surface area contributed by atoms with Gasteiger partial charge in [0, 0.05) is 0 Å². The number of hydrogen-bond donors (Lipinski definition) is 1. The molecule has 82 valence electrons. The number of thiol groups is 1. The molecule has 0 N–H and O–H groups in total. The molecule has 15 heavy (non-hydrogen) atoms. The van der Waals surface area contributed by atoms with Crippen LogP contribution in [0.1, 0.15) is 36.5 Å². The molecule has 0 amide bonds. The molecule has 1 aromatic rings. The van der Waals surface area contributed by atoms with Gasteiger partial charge in [0.15, 0.2) is 5.12 Å². The number of benzene rings is 1. The van der Waals surface area contributed by atoms with E-state index in [1.54, 1.807) is 0 Å². The lowest BCUT2D eigenvalue weighted by molar-refractivity contribution is -0.112. The van der Waals surface area contributed by atoms with Gasteiger partial charge in [-0.25, -0.2) is 0 Å². The zero-order chi connectivity index (χ0) is 11.6. The van der Waals surface area contributed by atoms with Crippen LogP contribution in [-0.2, 0) is 4.79 Å². The lowest BCUT2D eigenvalue weighted by Crippen LogP contribution is -2.13. The van der Waals surface area contributed by atoms with Crippen LogP contribution in [-0.4, -0.2) is 5.12 Å².